The molecule has 0 amide bonds. The minimum Gasteiger partial charge on any atom is -0.481 e. The Morgan fingerprint density at radius 2 is 2.53 bits per heavy atom. The van der Waals surface area contributed by atoms with Gasteiger partial charge in [0.2, 0.25) is 5.82 Å². The lowest BCUT2D eigenvalue weighted by Crippen LogP contribution is -1.97. The van der Waals surface area contributed by atoms with Crippen LogP contribution < -0.4 is 0 Å². The summed E-state index contributed by atoms with van der Waals surface area (Å²) in [5.41, 5.74) is 2.29. The zero-order valence-corrected chi connectivity index (χ0v) is 8.92. The van der Waals surface area contributed by atoms with Gasteiger partial charge in [0.15, 0.2) is 0 Å². The molecule has 2 heterocycles. The fourth-order valence-electron chi connectivity index (χ4n) is 0.819. The van der Waals surface area contributed by atoms with Crippen molar-refractivity contribution in [2.75, 3.05) is 5.75 Å². The van der Waals surface area contributed by atoms with E-state index in [4.69, 9.17) is 9.63 Å². The molecule has 0 spiro atoms. The topological polar surface area (TPSA) is 89.1 Å². The van der Waals surface area contributed by atoms with Crippen LogP contribution in [0.5, 0.6) is 0 Å². The molecule has 0 aliphatic rings. The number of nitrogens with zero attached hydrogens (tertiary/aromatic N) is 3. The molecule has 0 bridgehead atoms. The maximum absolute atomic E-state index is 10.3. The van der Waals surface area contributed by atoms with E-state index in [0.717, 1.165) is 11.8 Å². The molecule has 0 aliphatic heterocycles. The Morgan fingerprint density at radius 3 is 3.20 bits per heavy atom. The minimum atomic E-state index is -0.923. The van der Waals surface area contributed by atoms with Gasteiger partial charge < -0.3 is 9.63 Å². The molecule has 1 N–H and O–H groups in total. The van der Waals surface area contributed by atoms with Gasteiger partial charge in [0.25, 0.3) is 5.22 Å². The summed E-state index contributed by atoms with van der Waals surface area (Å²) in [5, 5.41) is 14.1. The molecule has 2 aromatic rings. The van der Waals surface area contributed by atoms with Gasteiger partial charge in [0.05, 0.1) is 5.51 Å². The third kappa shape index (κ3) is 2.54. The van der Waals surface area contributed by atoms with E-state index in [0.29, 0.717) is 11.5 Å². The van der Waals surface area contributed by atoms with Crippen molar-refractivity contribution in [1.82, 2.24) is 15.1 Å². The van der Waals surface area contributed by atoms with Crippen molar-refractivity contribution in [2.45, 2.75) is 5.22 Å². The number of aliphatic carboxylic acids is 1. The number of carbonyl (C=O) groups is 1. The van der Waals surface area contributed by atoms with Crippen molar-refractivity contribution in [3.63, 3.8) is 0 Å². The van der Waals surface area contributed by atoms with Crippen LogP contribution in [0.25, 0.3) is 11.5 Å². The van der Waals surface area contributed by atoms with E-state index in [-0.39, 0.29) is 11.0 Å². The fraction of sp³-hybridized carbons (Fsp3) is 0.143. The molecule has 8 heteroatoms. The maximum atomic E-state index is 10.3. The minimum absolute atomic E-state index is 0.0985. The van der Waals surface area contributed by atoms with Crippen LogP contribution in [-0.2, 0) is 4.79 Å². The van der Waals surface area contributed by atoms with E-state index < -0.39 is 5.97 Å². The fourth-order valence-corrected chi connectivity index (χ4v) is 1.84. The average Bonchev–Trinajstić information content (AvgIpc) is 2.85. The SMILES string of the molecule is O=C(O)CSc1nc(-c2cscn2)no1. The molecular weight excluding hydrogens is 238 g/mol. The normalized spacial score (nSPS) is 10.4. The third-order valence-electron chi connectivity index (χ3n) is 1.39. The second-order valence-electron chi connectivity index (χ2n) is 2.44. The smallest absolute Gasteiger partial charge is 0.314 e. The van der Waals surface area contributed by atoms with Crippen molar-refractivity contribution in [2.24, 2.45) is 0 Å². The lowest BCUT2D eigenvalue weighted by atomic mass is 10.5. The van der Waals surface area contributed by atoms with Crippen LogP contribution in [0.4, 0.5) is 0 Å². The van der Waals surface area contributed by atoms with Gasteiger partial charge in [-0.3, -0.25) is 4.79 Å². The van der Waals surface area contributed by atoms with E-state index >= 15 is 0 Å². The predicted molar refractivity (Wildman–Crippen MR) is 53.8 cm³/mol. The quantitative estimate of drug-likeness (QED) is 0.811. The van der Waals surface area contributed by atoms with Crippen molar-refractivity contribution >= 4 is 29.1 Å². The number of thioether (sulfide) groups is 1. The molecule has 15 heavy (non-hydrogen) atoms. The lowest BCUT2D eigenvalue weighted by Gasteiger charge is -1.86. The van der Waals surface area contributed by atoms with Crippen molar-refractivity contribution < 1.29 is 14.4 Å². The summed E-state index contributed by atoms with van der Waals surface area (Å²) in [6.45, 7) is 0. The molecule has 2 aromatic heterocycles. The predicted octanol–water partition coefficient (Wildman–Crippen LogP) is 1.37. The Kier molecular flexibility index (Phi) is 2.97. The molecule has 78 valence electrons. The van der Waals surface area contributed by atoms with Gasteiger partial charge in [0.1, 0.15) is 11.4 Å². The third-order valence-corrected chi connectivity index (χ3v) is 2.78. The maximum Gasteiger partial charge on any atom is 0.314 e. The number of hydrogen-bond donors (Lipinski definition) is 1. The molecular formula is C7H5N3O3S2. The Hall–Kier alpha value is -1.41. The standard InChI is InChI=1S/C7H5N3O3S2/c11-5(12)2-15-7-9-6(10-13-7)4-1-14-3-8-4/h1,3H,2H2,(H,11,12). The molecule has 0 unspecified atom stereocenters. The molecule has 0 radical (unpaired) electrons. The Bertz CT molecular complexity index is 454. The van der Waals surface area contributed by atoms with E-state index in [1.54, 1.807) is 10.9 Å². The highest BCUT2D eigenvalue weighted by atomic mass is 32.2. The number of aromatic nitrogens is 3. The van der Waals surface area contributed by atoms with Crippen LogP contribution in [0.3, 0.4) is 0 Å². The highest BCUT2D eigenvalue weighted by Gasteiger charge is 2.11. The summed E-state index contributed by atoms with van der Waals surface area (Å²) >= 11 is 2.41. The first kappa shape index (κ1) is 10.1. The molecule has 0 atom stereocenters. The highest BCUT2D eigenvalue weighted by Crippen LogP contribution is 2.20. The highest BCUT2D eigenvalue weighted by molar-refractivity contribution is 7.99. The Balaban J connectivity index is 2.08. The number of carboxylic acid groups (broad SMARTS) is 1. The van der Waals surface area contributed by atoms with Gasteiger partial charge in [-0.05, 0) is 0 Å². The average molecular weight is 243 g/mol. The van der Waals surface area contributed by atoms with Crippen LogP contribution in [0.15, 0.2) is 20.6 Å². The summed E-state index contributed by atoms with van der Waals surface area (Å²) < 4.78 is 4.84. The molecule has 0 saturated heterocycles. The molecule has 6 nitrogen and oxygen atoms in total. The van der Waals surface area contributed by atoms with Crippen molar-refractivity contribution in [3.8, 4) is 11.5 Å². The number of carboxylic acids is 1. The molecule has 0 saturated carbocycles. The van der Waals surface area contributed by atoms with Crippen LogP contribution in [0.1, 0.15) is 0 Å². The van der Waals surface area contributed by atoms with Gasteiger partial charge in [-0.25, -0.2) is 4.98 Å². The van der Waals surface area contributed by atoms with Crippen LogP contribution in [0, 0.1) is 0 Å². The summed E-state index contributed by atoms with van der Waals surface area (Å²) in [7, 11) is 0. The van der Waals surface area contributed by atoms with Gasteiger partial charge in [0, 0.05) is 5.38 Å². The number of thiazole rings is 1. The monoisotopic (exact) mass is 243 g/mol. The van der Waals surface area contributed by atoms with Gasteiger partial charge in [-0.15, -0.1) is 11.3 Å². The van der Waals surface area contributed by atoms with Gasteiger partial charge in [-0.1, -0.05) is 16.9 Å². The Morgan fingerprint density at radius 1 is 1.67 bits per heavy atom. The lowest BCUT2D eigenvalue weighted by molar-refractivity contribution is -0.133. The van der Waals surface area contributed by atoms with Crippen LogP contribution in [0.2, 0.25) is 0 Å². The first-order chi connectivity index (χ1) is 7.25. The molecule has 0 aromatic carbocycles. The second kappa shape index (κ2) is 4.41. The molecule has 2 rings (SSSR count). The second-order valence-corrected chi connectivity index (χ2v) is 4.09. The van der Waals surface area contributed by atoms with Crippen LogP contribution >= 0.6 is 23.1 Å². The Labute approximate surface area is 92.3 Å². The zero-order valence-electron chi connectivity index (χ0n) is 7.28. The summed E-state index contributed by atoms with van der Waals surface area (Å²) in [6, 6.07) is 0. The summed E-state index contributed by atoms with van der Waals surface area (Å²) in [4.78, 5) is 18.3. The van der Waals surface area contributed by atoms with Gasteiger partial charge in [-0.2, -0.15) is 4.98 Å². The number of hydrogen-bond acceptors (Lipinski definition) is 7. The van der Waals surface area contributed by atoms with E-state index in [1.807, 2.05) is 0 Å². The van der Waals surface area contributed by atoms with E-state index in [9.17, 15) is 4.79 Å². The van der Waals surface area contributed by atoms with Gasteiger partial charge >= 0.3 is 5.97 Å². The summed E-state index contributed by atoms with van der Waals surface area (Å²) in [6.07, 6.45) is 0. The van der Waals surface area contributed by atoms with Crippen molar-refractivity contribution in [3.05, 3.63) is 10.9 Å². The summed E-state index contributed by atoms with van der Waals surface area (Å²) in [5.74, 6) is -0.642. The first-order valence-corrected chi connectivity index (χ1v) is 5.75. The van der Waals surface area contributed by atoms with E-state index in [1.165, 1.54) is 11.3 Å². The largest absolute Gasteiger partial charge is 0.481 e. The van der Waals surface area contributed by atoms with Crippen LogP contribution in [-0.4, -0.2) is 32.0 Å². The molecule has 0 aliphatic carbocycles. The molecule has 0 fully saturated rings. The van der Waals surface area contributed by atoms with E-state index in [2.05, 4.69) is 15.1 Å². The van der Waals surface area contributed by atoms with Crippen molar-refractivity contribution in [1.29, 1.82) is 0 Å². The first-order valence-electron chi connectivity index (χ1n) is 3.82. The number of rotatable bonds is 4. The zero-order chi connectivity index (χ0) is 10.7.